The Hall–Kier alpha value is -2.29. The first kappa shape index (κ1) is 16.2. The van der Waals surface area contributed by atoms with Gasteiger partial charge in [-0.1, -0.05) is 47.5 Å². The zero-order valence-electron chi connectivity index (χ0n) is 13.7. The highest BCUT2D eigenvalue weighted by atomic mass is 35.5. The summed E-state index contributed by atoms with van der Waals surface area (Å²) < 4.78 is 2.34. The molecule has 0 saturated carbocycles. The van der Waals surface area contributed by atoms with Crippen LogP contribution >= 0.6 is 23.2 Å². The molecule has 0 radical (unpaired) electrons. The van der Waals surface area contributed by atoms with Gasteiger partial charge in [0.2, 0.25) is 0 Å². The number of hydrogen-bond donors (Lipinski definition) is 0. The Balaban J connectivity index is 1.79. The molecule has 0 fully saturated rings. The molecule has 4 rings (SSSR count). The van der Waals surface area contributed by atoms with Crippen molar-refractivity contribution in [2.24, 2.45) is 4.99 Å². The average molecular weight is 367 g/mol. The van der Waals surface area contributed by atoms with Gasteiger partial charge in [0.25, 0.3) is 0 Å². The van der Waals surface area contributed by atoms with Gasteiger partial charge >= 0.3 is 0 Å². The van der Waals surface area contributed by atoms with Gasteiger partial charge in [-0.25, -0.2) is 0 Å². The van der Waals surface area contributed by atoms with Crippen LogP contribution in [-0.4, -0.2) is 10.8 Å². The number of nitrogens with zero attached hydrogens (tertiary/aromatic N) is 2. The predicted molar refractivity (Wildman–Crippen MR) is 109 cm³/mol. The highest BCUT2D eigenvalue weighted by Gasteiger charge is 2.09. The van der Waals surface area contributed by atoms with Crippen molar-refractivity contribution in [3.63, 3.8) is 0 Å². The molecule has 4 aromatic rings. The minimum Gasteiger partial charge on any atom is -0.341 e. The van der Waals surface area contributed by atoms with E-state index < -0.39 is 0 Å². The molecule has 3 aromatic carbocycles. The summed E-state index contributed by atoms with van der Waals surface area (Å²) in [5.74, 6) is 0. The van der Waals surface area contributed by atoms with Crippen LogP contribution in [0.25, 0.3) is 21.8 Å². The van der Waals surface area contributed by atoms with Crippen LogP contribution in [0.1, 0.15) is 12.5 Å². The molecule has 4 heteroatoms. The standard InChI is InChI=1S/C21H16Cl2N2/c1-2-25-20-6-4-3-5-16(20)17-11-14(7-10-21(17)25)13-24-15-8-9-18(22)19(23)12-15/h3-13H,2H2,1H3. The Morgan fingerprint density at radius 3 is 2.48 bits per heavy atom. The van der Waals surface area contributed by atoms with Crippen molar-refractivity contribution in [2.75, 3.05) is 0 Å². The topological polar surface area (TPSA) is 17.3 Å². The van der Waals surface area contributed by atoms with Crippen LogP contribution in [0.4, 0.5) is 5.69 Å². The average Bonchev–Trinajstić information content (AvgIpc) is 2.96. The Kier molecular flexibility index (Phi) is 4.24. The van der Waals surface area contributed by atoms with Gasteiger partial charge in [-0.05, 0) is 48.9 Å². The fourth-order valence-corrected chi connectivity index (χ4v) is 3.50. The van der Waals surface area contributed by atoms with Crippen molar-refractivity contribution in [3.05, 3.63) is 76.3 Å². The number of para-hydroxylation sites is 1. The third-order valence-electron chi connectivity index (χ3n) is 4.38. The molecule has 0 bridgehead atoms. The van der Waals surface area contributed by atoms with Gasteiger partial charge in [0.05, 0.1) is 15.7 Å². The van der Waals surface area contributed by atoms with E-state index in [2.05, 4.69) is 58.9 Å². The Morgan fingerprint density at radius 1 is 0.880 bits per heavy atom. The van der Waals surface area contributed by atoms with Crippen LogP contribution in [0.2, 0.25) is 10.0 Å². The van der Waals surface area contributed by atoms with Gasteiger partial charge in [-0.15, -0.1) is 0 Å². The summed E-state index contributed by atoms with van der Waals surface area (Å²) in [5, 5.41) is 3.56. The number of hydrogen-bond acceptors (Lipinski definition) is 1. The monoisotopic (exact) mass is 366 g/mol. The number of rotatable bonds is 3. The van der Waals surface area contributed by atoms with Crippen LogP contribution in [0.5, 0.6) is 0 Å². The highest BCUT2D eigenvalue weighted by molar-refractivity contribution is 6.42. The fourth-order valence-electron chi connectivity index (χ4n) is 3.21. The quantitative estimate of drug-likeness (QED) is 0.352. The number of fused-ring (bicyclic) bond motifs is 3. The summed E-state index contributed by atoms with van der Waals surface area (Å²) in [5.41, 5.74) is 4.34. The van der Waals surface area contributed by atoms with E-state index in [9.17, 15) is 0 Å². The van der Waals surface area contributed by atoms with E-state index >= 15 is 0 Å². The van der Waals surface area contributed by atoms with E-state index in [4.69, 9.17) is 23.2 Å². The molecule has 0 spiro atoms. The van der Waals surface area contributed by atoms with Crippen LogP contribution in [0, 0.1) is 0 Å². The number of aromatic nitrogens is 1. The van der Waals surface area contributed by atoms with E-state index in [1.165, 1.54) is 21.8 Å². The highest BCUT2D eigenvalue weighted by Crippen LogP contribution is 2.30. The lowest BCUT2D eigenvalue weighted by Crippen LogP contribution is -1.92. The van der Waals surface area contributed by atoms with Gasteiger partial charge in [-0.2, -0.15) is 0 Å². The Bertz CT molecular complexity index is 1110. The SMILES string of the molecule is CCn1c2ccccc2c2cc(C=Nc3ccc(Cl)c(Cl)c3)ccc21. The van der Waals surface area contributed by atoms with E-state index in [1.54, 1.807) is 12.1 Å². The minimum absolute atomic E-state index is 0.512. The third-order valence-corrected chi connectivity index (χ3v) is 5.12. The van der Waals surface area contributed by atoms with Crippen molar-refractivity contribution in [1.82, 2.24) is 4.57 Å². The van der Waals surface area contributed by atoms with Crippen molar-refractivity contribution < 1.29 is 0 Å². The first-order chi connectivity index (χ1) is 12.2. The molecule has 0 amide bonds. The molecule has 0 N–H and O–H groups in total. The summed E-state index contributed by atoms with van der Waals surface area (Å²) in [6, 6.07) is 20.3. The van der Waals surface area contributed by atoms with Crippen LogP contribution < -0.4 is 0 Å². The summed E-state index contributed by atoms with van der Waals surface area (Å²) in [7, 11) is 0. The molecule has 0 unspecified atom stereocenters. The second-order valence-electron chi connectivity index (χ2n) is 5.89. The predicted octanol–water partition coefficient (Wildman–Crippen LogP) is 6.87. The molecule has 2 nitrogen and oxygen atoms in total. The van der Waals surface area contributed by atoms with Crippen molar-refractivity contribution in [1.29, 1.82) is 0 Å². The molecule has 0 aliphatic rings. The van der Waals surface area contributed by atoms with Gasteiger partial charge < -0.3 is 4.57 Å². The smallest absolute Gasteiger partial charge is 0.0645 e. The lowest BCUT2D eigenvalue weighted by Gasteiger charge is -2.02. The Labute approximate surface area is 156 Å². The molecule has 0 atom stereocenters. The largest absolute Gasteiger partial charge is 0.341 e. The molecule has 124 valence electrons. The van der Waals surface area contributed by atoms with Gasteiger partial charge in [0.1, 0.15) is 0 Å². The van der Waals surface area contributed by atoms with Crippen LogP contribution in [0.3, 0.4) is 0 Å². The lowest BCUT2D eigenvalue weighted by molar-refractivity contribution is 0.827. The summed E-state index contributed by atoms with van der Waals surface area (Å²) in [6.45, 7) is 3.12. The molecular formula is C21H16Cl2N2. The lowest BCUT2D eigenvalue weighted by atomic mass is 10.1. The summed E-state index contributed by atoms with van der Waals surface area (Å²) in [4.78, 5) is 4.52. The second-order valence-corrected chi connectivity index (χ2v) is 6.71. The molecule has 0 saturated heterocycles. The maximum atomic E-state index is 6.05. The normalized spacial score (nSPS) is 11.8. The first-order valence-electron chi connectivity index (χ1n) is 8.17. The van der Waals surface area contributed by atoms with Crippen molar-refractivity contribution in [3.8, 4) is 0 Å². The number of aryl methyl sites for hydroxylation is 1. The van der Waals surface area contributed by atoms with Crippen LogP contribution in [-0.2, 0) is 6.54 Å². The number of benzene rings is 3. The maximum Gasteiger partial charge on any atom is 0.0645 e. The molecular weight excluding hydrogens is 351 g/mol. The van der Waals surface area contributed by atoms with Gasteiger partial charge in [-0.3, -0.25) is 4.99 Å². The fraction of sp³-hybridized carbons (Fsp3) is 0.0952. The number of aliphatic imine (C=N–C) groups is 1. The van der Waals surface area contributed by atoms with E-state index in [0.29, 0.717) is 10.0 Å². The summed E-state index contributed by atoms with van der Waals surface area (Å²) >= 11 is 12.0. The maximum absolute atomic E-state index is 6.05. The zero-order valence-corrected chi connectivity index (χ0v) is 15.2. The minimum atomic E-state index is 0.512. The van der Waals surface area contributed by atoms with Crippen LogP contribution in [0.15, 0.2) is 65.7 Å². The van der Waals surface area contributed by atoms with Gasteiger partial charge in [0, 0.05) is 34.6 Å². The second kappa shape index (κ2) is 6.55. The molecule has 0 aliphatic carbocycles. The molecule has 1 heterocycles. The van der Waals surface area contributed by atoms with Gasteiger partial charge in [0.15, 0.2) is 0 Å². The third kappa shape index (κ3) is 2.92. The number of halogens is 2. The van der Waals surface area contributed by atoms with Crippen molar-refractivity contribution >= 4 is 56.9 Å². The first-order valence-corrected chi connectivity index (χ1v) is 8.93. The molecule has 0 aliphatic heterocycles. The van der Waals surface area contributed by atoms with E-state index in [1.807, 2.05) is 12.3 Å². The molecule has 1 aromatic heterocycles. The summed E-state index contributed by atoms with van der Waals surface area (Å²) in [6.07, 6.45) is 1.86. The van der Waals surface area contributed by atoms with E-state index in [-0.39, 0.29) is 0 Å². The van der Waals surface area contributed by atoms with Crippen molar-refractivity contribution in [2.45, 2.75) is 13.5 Å². The van der Waals surface area contributed by atoms with E-state index in [0.717, 1.165) is 17.8 Å². The molecule has 25 heavy (non-hydrogen) atoms. The Morgan fingerprint density at radius 2 is 1.68 bits per heavy atom. The zero-order chi connectivity index (χ0) is 17.4.